The third kappa shape index (κ3) is 38.4. The molecule has 0 fully saturated rings. The maximum atomic E-state index is 12.2. The lowest BCUT2D eigenvalue weighted by atomic mass is 10.0. The number of carbonyl (C=O) groups excluding carboxylic acids is 2. The summed E-state index contributed by atoms with van der Waals surface area (Å²) < 4.78 is 26.8. The Bertz CT molecular complexity index is 1080. The van der Waals surface area contributed by atoms with E-state index in [2.05, 4.69) is 55.6 Å². The lowest BCUT2D eigenvalue weighted by Gasteiger charge is -2.18. The zero-order chi connectivity index (χ0) is 40.7. The van der Waals surface area contributed by atoms with Crippen LogP contribution in [0.5, 0.6) is 0 Å². The average Bonchev–Trinajstić information content (AvgIpc) is 3.16. The third-order valence-electron chi connectivity index (χ3n) is 9.13. The van der Waals surface area contributed by atoms with E-state index in [1.807, 2.05) is 0 Å². The molecule has 0 radical (unpaired) electrons. The monoisotopic (exact) mass is 800 g/mol. The van der Waals surface area contributed by atoms with Crippen molar-refractivity contribution in [2.75, 3.05) is 19.8 Å². The van der Waals surface area contributed by atoms with Crippen molar-refractivity contribution in [3.8, 4) is 0 Å². The van der Waals surface area contributed by atoms with Gasteiger partial charge in [-0.25, -0.2) is 9.36 Å². The van der Waals surface area contributed by atoms with Crippen LogP contribution < -0.4 is 5.32 Å². The fourth-order valence-corrected chi connectivity index (χ4v) is 6.53. The molecule has 3 unspecified atom stereocenters. The van der Waals surface area contributed by atoms with E-state index in [1.165, 1.54) is 77.0 Å². The van der Waals surface area contributed by atoms with Crippen LogP contribution in [0.25, 0.3) is 0 Å². The van der Waals surface area contributed by atoms with Gasteiger partial charge in [0.2, 0.25) is 5.91 Å². The van der Waals surface area contributed by atoms with E-state index < -0.39 is 57.6 Å². The largest absolute Gasteiger partial charge is 0.480 e. The van der Waals surface area contributed by atoms with Crippen molar-refractivity contribution in [3.05, 3.63) is 36.5 Å². The maximum Gasteiger partial charge on any atom is 0.472 e. The van der Waals surface area contributed by atoms with Crippen LogP contribution in [-0.2, 0) is 32.7 Å². The van der Waals surface area contributed by atoms with E-state index in [0.717, 1.165) is 70.6 Å². The van der Waals surface area contributed by atoms with E-state index >= 15 is 0 Å². The molecule has 0 spiro atoms. The number of unbranched alkanes of at least 4 members (excludes halogenated alkanes) is 20. The number of esters is 1. The molecule has 0 saturated heterocycles. The minimum atomic E-state index is -4.75. The predicted molar refractivity (Wildman–Crippen MR) is 222 cm³/mol. The van der Waals surface area contributed by atoms with Crippen molar-refractivity contribution >= 4 is 25.7 Å². The Labute approximate surface area is 333 Å². The van der Waals surface area contributed by atoms with Crippen LogP contribution in [-0.4, -0.2) is 64.9 Å². The molecule has 11 nitrogen and oxygen atoms in total. The van der Waals surface area contributed by atoms with Gasteiger partial charge >= 0.3 is 19.8 Å². The van der Waals surface area contributed by atoms with Crippen molar-refractivity contribution < 1.29 is 47.8 Å². The van der Waals surface area contributed by atoms with Gasteiger partial charge < -0.3 is 25.2 Å². The van der Waals surface area contributed by atoms with Crippen molar-refractivity contribution in [2.45, 2.75) is 199 Å². The van der Waals surface area contributed by atoms with E-state index in [4.69, 9.17) is 13.8 Å². The normalized spacial score (nSPS) is 14.1. The molecule has 0 heterocycles. The second-order valence-corrected chi connectivity index (χ2v) is 16.0. The zero-order valence-electron chi connectivity index (χ0n) is 34.5. The number of ether oxygens (including phenoxy) is 1. The van der Waals surface area contributed by atoms with Crippen molar-refractivity contribution in [1.82, 2.24) is 5.32 Å². The number of rotatable bonds is 40. The van der Waals surface area contributed by atoms with Crippen LogP contribution in [0.15, 0.2) is 36.5 Å². The van der Waals surface area contributed by atoms with Crippen LogP contribution in [0.1, 0.15) is 187 Å². The average molecular weight is 800 g/mol. The molecule has 0 saturated carbocycles. The Balaban J connectivity index is 3.84. The van der Waals surface area contributed by atoms with Gasteiger partial charge in [0.15, 0.2) is 6.04 Å². The number of carboxylic acid groups (broad SMARTS) is 1. The molecule has 0 aliphatic carbocycles. The third-order valence-corrected chi connectivity index (χ3v) is 10.1. The number of hydrogen-bond donors (Lipinski definition) is 4. The number of hydrogen-bond acceptors (Lipinski definition) is 8. The molecule has 4 N–H and O–H groups in total. The van der Waals surface area contributed by atoms with Gasteiger partial charge in [-0.15, -0.1) is 0 Å². The second-order valence-electron chi connectivity index (χ2n) is 14.5. The highest BCUT2D eigenvalue weighted by Gasteiger charge is 2.28. The van der Waals surface area contributed by atoms with Gasteiger partial charge in [-0.05, 0) is 64.2 Å². The fraction of sp³-hybridized carbons (Fsp3) is 0.791. The van der Waals surface area contributed by atoms with Crippen molar-refractivity contribution in [3.63, 3.8) is 0 Å². The van der Waals surface area contributed by atoms with E-state index in [0.29, 0.717) is 12.8 Å². The van der Waals surface area contributed by atoms with Gasteiger partial charge in [0.05, 0.1) is 13.2 Å². The Morgan fingerprint density at radius 3 is 1.56 bits per heavy atom. The molecule has 55 heavy (non-hydrogen) atoms. The molecule has 12 heteroatoms. The summed E-state index contributed by atoms with van der Waals surface area (Å²) >= 11 is 0. The Morgan fingerprint density at radius 2 is 1.04 bits per heavy atom. The first-order chi connectivity index (χ1) is 26.6. The SMILES string of the molecule is CCC/C=C\CCCCCCCC(=O)NC(COP(=O)(O)OCC(O)COC(=O)CCCCCCCCCCCCC/C=C\C/C=C\CCCCC)C(=O)O. The van der Waals surface area contributed by atoms with Gasteiger partial charge in [0.1, 0.15) is 12.7 Å². The first kappa shape index (κ1) is 52.7. The molecule has 0 aliphatic heterocycles. The number of nitrogens with one attached hydrogen (secondary N) is 1. The van der Waals surface area contributed by atoms with E-state index in [-0.39, 0.29) is 12.8 Å². The molecule has 1 amide bonds. The number of aliphatic carboxylic acids is 1. The number of aliphatic hydroxyl groups excluding tert-OH is 1. The number of amides is 1. The maximum absolute atomic E-state index is 12.2. The molecule has 0 aromatic rings. The van der Waals surface area contributed by atoms with E-state index in [9.17, 15) is 34.1 Å². The summed E-state index contributed by atoms with van der Waals surface area (Å²) in [5.74, 6) is -2.39. The quantitative estimate of drug-likeness (QED) is 0.0202. The topological polar surface area (TPSA) is 169 Å². The number of allylic oxidation sites excluding steroid dienone is 6. The Kier molecular flexibility index (Phi) is 37.0. The highest BCUT2D eigenvalue weighted by molar-refractivity contribution is 7.47. The molecular formula is C43H78NO10P. The lowest BCUT2D eigenvalue weighted by Crippen LogP contribution is -2.43. The number of carboxylic acids is 1. The smallest absolute Gasteiger partial charge is 0.472 e. The van der Waals surface area contributed by atoms with Crippen LogP contribution >= 0.6 is 7.82 Å². The second kappa shape index (κ2) is 38.6. The first-order valence-corrected chi connectivity index (χ1v) is 23.0. The van der Waals surface area contributed by atoms with Gasteiger partial charge in [-0.3, -0.25) is 18.6 Å². The number of carbonyl (C=O) groups is 3. The molecule has 0 aromatic carbocycles. The van der Waals surface area contributed by atoms with Gasteiger partial charge in [0.25, 0.3) is 0 Å². The van der Waals surface area contributed by atoms with Crippen LogP contribution in [0, 0.1) is 0 Å². The van der Waals surface area contributed by atoms with E-state index in [1.54, 1.807) is 0 Å². The minimum absolute atomic E-state index is 0.134. The molecule has 0 bridgehead atoms. The predicted octanol–water partition coefficient (Wildman–Crippen LogP) is 10.8. The van der Waals surface area contributed by atoms with Crippen LogP contribution in [0.2, 0.25) is 0 Å². The summed E-state index contributed by atoms with van der Waals surface area (Å²) in [5, 5.41) is 21.7. The van der Waals surface area contributed by atoms with Gasteiger partial charge in [-0.1, -0.05) is 147 Å². The number of phosphoric ester groups is 1. The summed E-state index contributed by atoms with van der Waals surface area (Å²) in [6.45, 7) is 2.48. The fourth-order valence-electron chi connectivity index (χ4n) is 5.76. The lowest BCUT2D eigenvalue weighted by molar-refractivity contribution is -0.147. The first-order valence-electron chi connectivity index (χ1n) is 21.5. The zero-order valence-corrected chi connectivity index (χ0v) is 35.4. The summed E-state index contributed by atoms with van der Waals surface area (Å²) in [7, 11) is -4.75. The number of phosphoric acid groups is 1. The van der Waals surface area contributed by atoms with Gasteiger partial charge in [0, 0.05) is 12.8 Å². The molecule has 320 valence electrons. The summed E-state index contributed by atoms with van der Waals surface area (Å²) in [6, 6.07) is -1.55. The standard InChI is InChI=1S/C43H78NO10P/c1-3-5-7-9-11-13-15-16-17-18-19-20-21-22-23-24-25-27-29-31-33-35-42(47)52-36-39(45)37-53-55(50,51)54-38-40(43(48)49)44-41(46)34-32-30-28-26-14-12-10-8-6-4-2/h8,10-11,13,16-17,39-40,45H,3-7,9,12,14-15,18-38H2,1-2H3,(H,44,46)(H,48,49)(H,50,51)/b10-8-,13-11-,17-16-. The molecule has 0 aromatic heterocycles. The molecule has 0 aliphatic rings. The van der Waals surface area contributed by atoms with Gasteiger partial charge in [-0.2, -0.15) is 0 Å². The summed E-state index contributed by atoms with van der Waals surface area (Å²) in [6.07, 6.45) is 40.4. The molecule has 0 rings (SSSR count). The summed E-state index contributed by atoms with van der Waals surface area (Å²) in [5.41, 5.74) is 0. The Morgan fingerprint density at radius 1 is 0.582 bits per heavy atom. The number of aliphatic hydroxyl groups is 1. The Hall–Kier alpha value is -2.30. The molecular weight excluding hydrogens is 721 g/mol. The van der Waals surface area contributed by atoms with Crippen molar-refractivity contribution in [2.24, 2.45) is 0 Å². The summed E-state index contributed by atoms with van der Waals surface area (Å²) in [4.78, 5) is 45.7. The minimum Gasteiger partial charge on any atom is -0.480 e. The molecule has 3 atom stereocenters. The van der Waals surface area contributed by atoms with Crippen LogP contribution in [0.3, 0.4) is 0 Å². The van der Waals surface area contributed by atoms with Crippen molar-refractivity contribution in [1.29, 1.82) is 0 Å². The highest BCUT2D eigenvalue weighted by Crippen LogP contribution is 2.43. The highest BCUT2D eigenvalue weighted by atomic mass is 31.2. The van der Waals surface area contributed by atoms with Crippen LogP contribution in [0.4, 0.5) is 0 Å².